The summed E-state index contributed by atoms with van der Waals surface area (Å²) in [5, 5.41) is 4.27. The summed E-state index contributed by atoms with van der Waals surface area (Å²) in [6.45, 7) is 6.76. The number of allylic oxidation sites excluding steroid dienone is 3. The van der Waals surface area contributed by atoms with E-state index in [0.29, 0.717) is 39.4 Å². The second-order valence-corrected chi connectivity index (χ2v) is 7.88. The molecule has 0 spiro atoms. The topological polar surface area (TPSA) is 29.1 Å². The Kier molecular flexibility index (Phi) is 6.79. The van der Waals surface area contributed by atoms with Gasteiger partial charge in [0.25, 0.3) is 0 Å². The van der Waals surface area contributed by atoms with Crippen molar-refractivity contribution in [3.8, 4) is 0 Å². The molecule has 0 heterocycles. The van der Waals surface area contributed by atoms with Gasteiger partial charge in [0.15, 0.2) is 0 Å². The highest BCUT2D eigenvalue weighted by Crippen LogP contribution is 2.50. The van der Waals surface area contributed by atoms with Gasteiger partial charge in [0, 0.05) is 12.6 Å². The smallest absolute Gasteiger partial charge is 0.244 e. The Bertz CT molecular complexity index is 656. The van der Waals surface area contributed by atoms with Crippen molar-refractivity contribution < 1.29 is 4.79 Å². The zero-order valence-electron chi connectivity index (χ0n) is 14.1. The van der Waals surface area contributed by atoms with E-state index in [-0.39, 0.29) is 5.91 Å². The number of hydrogen-bond acceptors (Lipinski definition) is 1. The van der Waals surface area contributed by atoms with E-state index in [1.165, 1.54) is 0 Å². The molecule has 1 aliphatic rings. The Morgan fingerprint density at radius 1 is 1.29 bits per heavy atom. The van der Waals surface area contributed by atoms with Crippen LogP contribution in [0.5, 0.6) is 0 Å². The lowest BCUT2D eigenvalue weighted by atomic mass is 10.1. The van der Waals surface area contributed by atoms with E-state index in [2.05, 4.69) is 25.2 Å². The summed E-state index contributed by atoms with van der Waals surface area (Å²) in [5.41, 5.74) is 2.05. The molecule has 0 radical (unpaired) electrons. The van der Waals surface area contributed by atoms with Crippen LogP contribution in [-0.4, -0.2) is 12.5 Å². The van der Waals surface area contributed by atoms with Gasteiger partial charge >= 0.3 is 0 Å². The SMILES string of the molecule is CC(C=CC1CC1c1cc(Cl)c(Cl)c(Cl)c1)=CC(=O)NCC(C)C. The van der Waals surface area contributed by atoms with Crippen molar-refractivity contribution >= 4 is 40.7 Å². The highest BCUT2D eigenvalue weighted by Gasteiger charge is 2.36. The van der Waals surface area contributed by atoms with Gasteiger partial charge in [-0.2, -0.15) is 0 Å². The molecule has 1 aromatic rings. The molecule has 0 aliphatic heterocycles. The fraction of sp³-hybridized carbons (Fsp3) is 0.421. The standard InChI is InChI=1S/C19H22Cl3NO/c1-11(2)10-23-18(24)6-12(3)4-5-13-7-15(13)14-8-16(20)19(22)17(21)9-14/h4-6,8-9,11,13,15H,7,10H2,1-3H3,(H,23,24). The highest BCUT2D eigenvalue weighted by atomic mass is 35.5. The van der Waals surface area contributed by atoms with E-state index in [0.717, 1.165) is 17.6 Å². The first-order valence-corrected chi connectivity index (χ1v) is 9.20. The van der Waals surface area contributed by atoms with Gasteiger partial charge in [-0.25, -0.2) is 0 Å². The number of nitrogens with one attached hydrogen (secondary N) is 1. The summed E-state index contributed by atoms with van der Waals surface area (Å²) in [6, 6.07) is 3.77. The maximum atomic E-state index is 11.7. The van der Waals surface area contributed by atoms with E-state index in [4.69, 9.17) is 34.8 Å². The molecule has 1 amide bonds. The first kappa shape index (κ1) is 19.4. The summed E-state index contributed by atoms with van der Waals surface area (Å²) in [7, 11) is 0. The van der Waals surface area contributed by atoms with Gasteiger partial charge in [-0.15, -0.1) is 0 Å². The fourth-order valence-electron chi connectivity index (χ4n) is 2.49. The van der Waals surface area contributed by atoms with Crippen LogP contribution in [0.15, 0.2) is 35.9 Å². The molecule has 1 aliphatic carbocycles. The Hall–Kier alpha value is -0.960. The monoisotopic (exact) mass is 385 g/mol. The summed E-state index contributed by atoms with van der Waals surface area (Å²) in [4.78, 5) is 11.7. The minimum absolute atomic E-state index is 0.0468. The van der Waals surface area contributed by atoms with Gasteiger partial charge in [-0.3, -0.25) is 4.79 Å². The number of carbonyl (C=O) groups excluding carboxylic acids is 1. The minimum Gasteiger partial charge on any atom is -0.352 e. The molecule has 2 atom stereocenters. The molecular formula is C19H22Cl3NO. The first-order valence-electron chi connectivity index (χ1n) is 8.06. The van der Waals surface area contributed by atoms with Crippen molar-refractivity contribution in [2.75, 3.05) is 6.54 Å². The minimum atomic E-state index is -0.0468. The van der Waals surface area contributed by atoms with Crippen molar-refractivity contribution in [1.82, 2.24) is 5.32 Å². The van der Waals surface area contributed by atoms with E-state index in [1.54, 1.807) is 6.08 Å². The molecule has 24 heavy (non-hydrogen) atoms. The summed E-state index contributed by atoms with van der Waals surface area (Å²) in [6.07, 6.45) is 6.82. The van der Waals surface area contributed by atoms with Crippen LogP contribution in [0.4, 0.5) is 0 Å². The van der Waals surface area contributed by atoms with Gasteiger partial charge in [0.2, 0.25) is 5.91 Å². The highest BCUT2D eigenvalue weighted by molar-refractivity contribution is 6.48. The Balaban J connectivity index is 1.92. The van der Waals surface area contributed by atoms with Crippen LogP contribution in [0.3, 0.4) is 0 Å². The molecule has 1 N–H and O–H groups in total. The largest absolute Gasteiger partial charge is 0.352 e. The molecule has 5 heteroatoms. The Morgan fingerprint density at radius 3 is 2.50 bits per heavy atom. The molecule has 0 saturated heterocycles. The van der Waals surface area contributed by atoms with E-state index in [9.17, 15) is 4.79 Å². The van der Waals surface area contributed by atoms with Crippen LogP contribution in [0.25, 0.3) is 0 Å². The van der Waals surface area contributed by atoms with Crippen LogP contribution in [0, 0.1) is 11.8 Å². The van der Waals surface area contributed by atoms with Crippen molar-refractivity contribution in [3.05, 3.63) is 56.6 Å². The molecule has 2 rings (SSSR count). The zero-order chi connectivity index (χ0) is 17.9. The average molecular weight is 387 g/mol. The molecule has 1 saturated carbocycles. The third-order valence-corrected chi connectivity index (χ3v) is 5.12. The molecular weight excluding hydrogens is 365 g/mol. The van der Waals surface area contributed by atoms with Crippen molar-refractivity contribution in [3.63, 3.8) is 0 Å². The van der Waals surface area contributed by atoms with Gasteiger partial charge < -0.3 is 5.32 Å². The number of hydrogen-bond donors (Lipinski definition) is 1. The number of benzene rings is 1. The predicted octanol–water partition coefficient (Wildman–Crippen LogP) is 6.03. The molecule has 1 aromatic carbocycles. The molecule has 1 fully saturated rings. The average Bonchev–Trinajstić information content (AvgIpc) is 3.28. The van der Waals surface area contributed by atoms with Crippen molar-refractivity contribution in [2.45, 2.75) is 33.1 Å². The van der Waals surface area contributed by atoms with Crippen LogP contribution in [0.2, 0.25) is 15.1 Å². The zero-order valence-corrected chi connectivity index (χ0v) is 16.3. The normalized spacial score (nSPS) is 20.7. The van der Waals surface area contributed by atoms with Crippen molar-refractivity contribution in [1.29, 1.82) is 0 Å². The number of rotatable bonds is 6. The lowest BCUT2D eigenvalue weighted by molar-refractivity contribution is -0.116. The summed E-state index contributed by atoms with van der Waals surface area (Å²) < 4.78 is 0. The number of amides is 1. The van der Waals surface area contributed by atoms with Gasteiger partial charge in [-0.05, 0) is 54.4 Å². The number of carbonyl (C=O) groups is 1. The second kappa shape index (κ2) is 8.42. The Morgan fingerprint density at radius 2 is 1.92 bits per heavy atom. The van der Waals surface area contributed by atoms with E-state index < -0.39 is 0 Å². The molecule has 2 unspecified atom stereocenters. The predicted molar refractivity (Wildman–Crippen MR) is 103 cm³/mol. The Labute approximate surface area is 158 Å². The second-order valence-electron chi connectivity index (χ2n) is 6.69. The van der Waals surface area contributed by atoms with Crippen LogP contribution in [-0.2, 0) is 4.79 Å². The van der Waals surface area contributed by atoms with Gasteiger partial charge in [-0.1, -0.05) is 60.8 Å². The lowest BCUT2D eigenvalue weighted by Crippen LogP contribution is -2.25. The molecule has 0 bridgehead atoms. The van der Waals surface area contributed by atoms with Crippen LogP contribution < -0.4 is 5.32 Å². The third kappa shape index (κ3) is 5.54. The van der Waals surface area contributed by atoms with Gasteiger partial charge in [0.05, 0.1) is 15.1 Å². The first-order chi connectivity index (χ1) is 11.3. The van der Waals surface area contributed by atoms with Crippen LogP contribution in [0.1, 0.15) is 38.7 Å². The van der Waals surface area contributed by atoms with Crippen LogP contribution >= 0.6 is 34.8 Å². The molecule has 130 valence electrons. The summed E-state index contributed by atoms with van der Waals surface area (Å²) in [5.74, 6) is 1.26. The maximum absolute atomic E-state index is 11.7. The lowest BCUT2D eigenvalue weighted by Gasteiger charge is -2.05. The third-order valence-electron chi connectivity index (χ3n) is 3.92. The number of halogens is 3. The maximum Gasteiger partial charge on any atom is 0.244 e. The van der Waals surface area contributed by atoms with Gasteiger partial charge in [0.1, 0.15) is 0 Å². The van der Waals surface area contributed by atoms with Crippen molar-refractivity contribution in [2.24, 2.45) is 11.8 Å². The quantitative estimate of drug-likeness (QED) is 0.361. The summed E-state index contributed by atoms with van der Waals surface area (Å²) >= 11 is 18.2. The molecule has 2 nitrogen and oxygen atoms in total. The van der Waals surface area contributed by atoms with E-state index >= 15 is 0 Å². The molecule has 0 aromatic heterocycles. The fourth-order valence-corrected chi connectivity index (χ4v) is 3.10. The van der Waals surface area contributed by atoms with E-state index in [1.807, 2.05) is 25.1 Å².